The molecule has 0 bridgehead atoms. The van der Waals surface area contributed by atoms with E-state index in [1.54, 1.807) is 42.6 Å². The Bertz CT molecular complexity index is 927. The predicted octanol–water partition coefficient (Wildman–Crippen LogP) is 3.87. The summed E-state index contributed by atoms with van der Waals surface area (Å²) in [5.74, 6) is -0.348. The summed E-state index contributed by atoms with van der Waals surface area (Å²) in [5, 5.41) is 12.5. The van der Waals surface area contributed by atoms with Crippen LogP contribution in [0.15, 0.2) is 29.6 Å². The smallest absolute Gasteiger partial charge is 0.338 e. The number of aryl methyl sites for hydroxylation is 1. The number of hydrogen-bond acceptors (Lipinski definition) is 7. The van der Waals surface area contributed by atoms with E-state index in [2.05, 4.69) is 11.1 Å². The largest absolute Gasteiger partial charge is 0.487 e. The minimum atomic E-state index is -0.795. The van der Waals surface area contributed by atoms with E-state index in [-0.39, 0.29) is 12.5 Å². The first-order valence-corrected chi connectivity index (χ1v) is 10.8. The van der Waals surface area contributed by atoms with Crippen molar-refractivity contribution in [2.24, 2.45) is 0 Å². The average molecular weight is 428 g/mol. The molecule has 1 aliphatic carbocycles. The SMILES string of the molecule is Cc1nc(COc2ccc(C(=O)OCC(=O)N(C)C3(C#N)CCCCC3)cc2)cs1. The molecule has 1 heterocycles. The van der Waals surface area contributed by atoms with Crippen molar-refractivity contribution in [2.75, 3.05) is 13.7 Å². The van der Waals surface area contributed by atoms with Crippen LogP contribution >= 0.6 is 11.3 Å². The summed E-state index contributed by atoms with van der Waals surface area (Å²) in [6.45, 7) is 1.90. The molecule has 1 aliphatic rings. The zero-order chi connectivity index (χ0) is 21.6. The number of thiazole rings is 1. The molecule has 0 spiro atoms. The summed E-state index contributed by atoms with van der Waals surface area (Å²) >= 11 is 1.56. The van der Waals surface area contributed by atoms with Crippen molar-refractivity contribution in [3.05, 3.63) is 45.9 Å². The van der Waals surface area contributed by atoms with Crippen LogP contribution in [0.4, 0.5) is 0 Å². The lowest BCUT2D eigenvalue weighted by molar-refractivity contribution is -0.138. The lowest BCUT2D eigenvalue weighted by atomic mass is 9.81. The Morgan fingerprint density at radius 1 is 1.23 bits per heavy atom. The van der Waals surface area contributed by atoms with E-state index in [1.165, 1.54) is 4.90 Å². The van der Waals surface area contributed by atoms with Crippen molar-refractivity contribution in [1.29, 1.82) is 5.26 Å². The molecule has 0 aliphatic heterocycles. The molecule has 1 fully saturated rings. The van der Waals surface area contributed by atoms with Crippen LogP contribution in [0.3, 0.4) is 0 Å². The number of nitrogens with zero attached hydrogens (tertiary/aromatic N) is 3. The third-order valence-corrected chi connectivity index (χ3v) is 6.20. The number of hydrogen-bond donors (Lipinski definition) is 0. The van der Waals surface area contributed by atoms with Crippen LogP contribution in [0.5, 0.6) is 5.75 Å². The maximum absolute atomic E-state index is 12.5. The van der Waals surface area contributed by atoms with Gasteiger partial charge >= 0.3 is 5.97 Å². The van der Waals surface area contributed by atoms with Crippen molar-refractivity contribution in [3.8, 4) is 11.8 Å². The van der Waals surface area contributed by atoms with E-state index in [4.69, 9.17) is 9.47 Å². The minimum Gasteiger partial charge on any atom is -0.487 e. The lowest BCUT2D eigenvalue weighted by Crippen LogP contribution is -2.51. The Hall–Kier alpha value is -2.92. The van der Waals surface area contributed by atoms with Crippen LogP contribution in [0.1, 0.15) is 53.2 Å². The van der Waals surface area contributed by atoms with Gasteiger partial charge in [0.1, 0.15) is 17.9 Å². The highest BCUT2D eigenvalue weighted by Gasteiger charge is 2.39. The van der Waals surface area contributed by atoms with Crippen LogP contribution < -0.4 is 4.74 Å². The fraction of sp³-hybridized carbons (Fsp3) is 0.455. The summed E-state index contributed by atoms with van der Waals surface area (Å²) in [4.78, 5) is 30.5. The third kappa shape index (κ3) is 5.16. The Morgan fingerprint density at radius 2 is 1.93 bits per heavy atom. The highest BCUT2D eigenvalue weighted by molar-refractivity contribution is 7.09. The second-order valence-corrected chi connectivity index (χ2v) is 8.47. The number of rotatable bonds is 7. The van der Waals surface area contributed by atoms with Crippen molar-refractivity contribution in [1.82, 2.24) is 9.88 Å². The lowest BCUT2D eigenvalue weighted by Gasteiger charge is -2.38. The highest BCUT2D eigenvalue weighted by Crippen LogP contribution is 2.32. The minimum absolute atomic E-state index is 0.329. The molecule has 30 heavy (non-hydrogen) atoms. The molecule has 2 aromatic rings. The number of carbonyl (C=O) groups is 2. The topological polar surface area (TPSA) is 92.5 Å². The zero-order valence-corrected chi connectivity index (χ0v) is 18.0. The second kappa shape index (κ2) is 9.72. The number of amides is 1. The molecule has 158 valence electrons. The van der Waals surface area contributed by atoms with Gasteiger partial charge in [0, 0.05) is 12.4 Å². The van der Waals surface area contributed by atoms with Crippen molar-refractivity contribution >= 4 is 23.2 Å². The highest BCUT2D eigenvalue weighted by atomic mass is 32.1. The van der Waals surface area contributed by atoms with Crippen LogP contribution in [-0.2, 0) is 16.1 Å². The summed E-state index contributed by atoms with van der Waals surface area (Å²) in [6, 6.07) is 8.84. The number of carbonyl (C=O) groups excluding carboxylic acids is 2. The van der Waals surface area contributed by atoms with Gasteiger partial charge in [-0.05, 0) is 44.0 Å². The number of ether oxygens (including phenoxy) is 2. The first kappa shape index (κ1) is 21.8. The normalized spacial score (nSPS) is 15.1. The van der Waals surface area contributed by atoms with E-state index in [1.807, 2.05) is 12.3 Å². The first-order chi connectivity index (χ1) is 14.4. The maximum atomic E-state index is 12.5. The Labute approximate surface area is 180 Å². The standard InChI is InChI=1S/C22H25N3O4S/c1-16-24-18(14-30-16)12-28-19-8-6-17(7-9-19)21(27)29-13-20(26)25(2)22(15-23)10-4-3-5-11-22/h6-9,14H,3-5,10-13H2,1-2H3. The summed E-state index contributed by atoms with van der Waals surface area (Å²) in [6.07, 6.45) is 4.22. The molecule has 0 radical (unpaired) electrons. The second-order valence-electron chi connectivity index (χ2n) is 7.40. The van der Waals surface area contributed by atoms with Crippen molar-refractivity contribution in [2.45, 2.75) is 51.2 Å². The van der Waals surface area contributed by atoms with Gasteiger partial charge in [0.15, 0.2) is 6.61 Å². The molecule has 0 atom stereocenters. The van der Waals surface area contributed by atoms with Crippen molar-refractivity contribution in [3.63, 3.8) is 0 Å². The van der Waals surface area contributed by atoms with Crippen LogP contribution in [0, 0.1) is 18.3 Å². The maximum Gasteiger partial charge on any atom is 0.338 e. The number of nitriles is 1. The van der Waals surface area contributed by atoms with Gasteiger partial charge in [-0.2, -0.15) is 5.26 Å². The van der Waals surface area contributed by atoms with E-state index in [0.29, 0.717) is 30.8 Å². The third-order valence-electron chi connectivity index (χ3n) is 5.38. The monoisotopic (exact) mass is 427 g/mol. The fourth-order valence-corrected chi connectivity index (χ4v) is 4.12. The molecule has 3 rings (SSSR count). The summed E-state index contributed by atoms with van der Waals surface area (Å²) < 4.78 is 10.8. The first-order valence-electron chi connectivity index (χ1n) is 9.92. The summed E-state index contributed by atoms with van der Waals surface area (Å²) in [7, 11) is 1.61. The molecule has 0 N–H and O–H groups in total. The van der Waals surface area contributed by atoms with Crippen LogP contribution in [-0.4, -0.2) is 41.0 Å². The van der Waals surface area contributed by atoms with Gasteiger partial charge in [0.2, 0.25) is 0 Å². The predicted molar refractivity (Wildman–Crippen MR) is 112 cm³/mol. The van der Waals surface area contributed by atoms with Gasteiger partial charge in [-0.25, -0.2) is 9.78 Å². The quantitative estimate of drug-likeness (QED) is 0.623. The molecule has 7 nitrogen and oxygen atoms in total. The van der Waals surface area contributed by atoms with Gasteiger partial charge < -0.3 is 14.4 Å². The van der Waals surface area contributed by atoms with Gasteiger partial charge in [-0.3, -0.25) is 4.79 Å². The van der Waals surface area contributed by atoms with Gasteiger partial charge in [0.05, 0.1) is 22.3 Å². The van der Waals surface area contributed by atoms with Gasteiger partial charge in [-0.15, -0.1) is 11.3 Å². The molecular weight excluding hydrogens is 402 g/mol. The Morgan fingerprint density at radius 3 is 2.53 bits per heavy atom. The summed E-state index contributed by atoms with van der Waals surface area (Å²) in [5.41, 5.74) is 0.392. The average Bonchev–Trinajstić information content (AvgIpc) is 3.21. The molecule has 1 aromatic carbocycles. The Kier molecular flexibility index (Phi) is 7.06. The number of aromatic nitrogens is 1. The molecule has 0 unspecified atom stereocenters. The number of likely N-dealkylation sites (N-methyl/N-ethyl adjacent to an activating group) is 1. The van der Waals surface area contributed by atoms with Gasteiger partial charge in [0.25, 0.3) is 5.91 Å². The number of benzene rings is 1. The van der Waals surface area contributed by atoms with E-state index < -0.39 is 11.5 Å². The molecule has 8 heteroatoms. The fourth-order valence-electron chi connectivity index (χ4n) is 3.52. The number of esters is 1. The molecule has 0 saturated heterocycles. The molecule has 1 aromatic heterocycles. The van der Waals surface area contributed by atoms with E-state index in [0.717, 1.165) is 30.0 Å². The van der Waals surface area contributed by atoms with Crippen LogP contribution in [0.25, 0.3) is 0 Å². The Balaban J connectivity index is 1.50. The van der Waals surface area contributed by atoms with Gasteiger partial charge in [-0.1, -0.05) is 19.3 Å². The van der Waals surface area contributed by atoms with Crippen molar-refractivity contribution < 1.29 is 19.1 Å². The molecular formula is C22H25N3O4S. The van der Waals surface area contributed by atoms with Crippen LogP contribution in [0.2, 0.25) is 0 Å². The molecule has 1 saturated carbocycles. The van der Waals surface area contributed by atoms with E-state index in [9.17, 15) is 14.9 Å². The molecule has 1 amide bonds. The van der Waals surface area contributed by atoms with E-state index >= 15 is 0 Å². The zero-order valence-electron chi connectivity index (χ0n) is 17.2.